The van der Waals surface area contributed by atoms with Gasteiger partial charge in [-0.3, -0.25) is 9.59 Å². The Kier molecular flexibility index (Phi) is 8.59. The molecule has 3 aromatic rings. The Bertz CT molecular complexity index is 1140. The van der Waals surface area contributed by atoms with Gasteiger partial charge in [0.1, 0.15) is 6.04 Å². The second kappa shape index (κ2) is 12.0. The van der Waals surface area contributed by atoms with Gasteiger partial charge in [0.2, 0.25) is 11.8 Å². The van der Waals surface area contributed by atoms with E-state index in [1.165, 1.54) is 0 Å². The van der Waals surface area contributed by atoms with Gasteiger partial charge in [-0.25, -0.2) is 0 Å². The summed E-state index contributed by atoms with van der Waals surface area (Å²) in [6.07, 6.45) is 4.96. The van der Waals surface area contributed by atoms with Gasteiger partial charge >= 0.3 is 0 Å². The van der Waals surface area contributed by atoms with Crippen LogP contribution in [-0.4, -0.2) is 28.8 Å². The number of rotatable bonds is 9. The number of carbonyl (C=O) groups is 2. The van der Waals surface area contributed by atoms with Gasteiger partial charge in [0.05, 0.1) is 6.42 Å². The van der Waals surface area contributed by atoms with E-state index in [-0.39, 0.29) is 24.3 Å². The van der Waals surface area contributed by atoms with Crippen LogP contribution in [0.25, 0.3) is 0 Å². The molecule has 0 spiro atoms. The van der Waals surface area contributed by atoms with Gasteiger partial charge < -0.3 is 10.2 Å². The number of halogens is 1. The molecule has 0 radical (unpaired) electrons. The number of nitrogens with zero attached hydrogens (tertiary/aromatic N) is 1. The van der Waals surface area contributed by atoms with E-state index in [2.05, 4.69) is 5.32 Å². The van der Waals surface area contributed by atoms with Crippen LogP contribution in [0.2, 0.25) is 5.02 Å². The van der Waals surface area contributed by atoms with Gasteiger partial charge in [-0.2, -0.15) is 0 Å². The molecule has 0 aromatic heterocycles. The summed E-state index contributed by atoms with van der Waals surface area (Å²) in [4.78, 5) is 29.3. The van der Waals surface area contributed by atoms with E-state index in [1.807, 2.05) is 85.8 Å². The molecule has 1 N–H and O–H groups in total. The van der Waals surface area contributed by atoms with Gasteiger partial charge in [-0.15, -0.1) is 0 Å². The Morgan fingerprint density at radius 2 is 1.63 bits per heavy atom. The van der Waals surface area contributed by atoms with E-state index < -0.39 is 6.04 Å². The fourth-order valence-corrected chi connectivity index (χ4v) is 5.04. The molecule has 1 aliphatic rings. The third kappa shape index (κ3) is 6.95. The van der Waals surface area contributed by atoms with Gasteiger partial charge in [0.15, 0.2) is 0 Å². The first-order chi connectivity index (χ1) is 17.0. The highest BCUT2D eigenvalue weighted by atomic mass is 35.5. The Morgan fingerprint density at radius 1 is 0.943 bits per heavy atom. The molecule has 0 unspecified atom stereocenters. The monoisotopic (exact) mass is 488 g/mol. The van der Waals surface area contributed by atoms with Crippen molar-refractivity contribution >= 4 is 23.4 Å². The van der Waals surface area contributed by atoms with E-state index in [1.54, 1.807) is 4.90 Å². The number of hydrogen-bond acceptors (Lipinski definition) is 2. The summed E-state index contributed by atoms with van der Waals surface area (Å²) in [5.74, 6) is -0.150. The molecule has 4 nitrogen and oxygen atoms in total. The van der Waals surface area contributed by atoms with Crippen LogP contribution in [0, 0.1) is 6.92 Å². The summed E-state index contributed by atoms with van der Waals surface area (Å²) < 4.78 is 0. The molecule has 5 heteroatoms. The quantitative estimate of drug-likeness (QED) is 0.408. The van der Waals surface area contributed by atoms with Crippen LogP contribution in [0.1, 0.15) is 47.9 Å². The summed E-state index contributed by atoms with van der Waals surface area (Å²) in [5, 5.41) is 3.86. The molecular formula is C30H33ClN2O2. The number of hydrogen-bond donors (Lipinski definition) is 1. The normalized spacial score (nSPS) is 14.5. The van der Waals surface area contributed by atoms with E-state index in [0.717, 1.165) is 47.9 Å². The fraction of sp³-hybridized carbons (Fsp3) is 0.333. The van der Waals surface area contributed by atoms with Crippen molar-refractivity contribution in [1.29, 1.82) is 0 Å². The second-order valence-corrected chi connectivity index (χ2v) is 9.89. The van der Waals surface area contributed by atoms with Crippen molar-refractivity contribution in [2.45, 2.75) is 64.1 Å². The molecular weight excluding hydrogens is 456 g/mol. The van der Waals surface area contributed by atoms with E-state index in [9.17, 15) is 9.59 Å². The highest BCUT2D eigenvalue weighted by Gasteiger charge is 2.32. The maximum absolute atomic E-state index is 13.8. The lowest BCUT2D eigenvalue weighted by Crippen LogP contribution is -2.52. The minimum Gasteiger partial charge on any atom is -0.352 e. The first-order valence-corrected chi connectivity index (χ1v) is 12.8. The third-order valence-electron chi connectivity index (χ3n) is 6.82. The molecule has 4 rings (SSSR count). The third-order valence-corrected chi connectivity index (χ3v) is 7.05. The summed E-state index contributed by atoms with van der Waals surface area (Å²) in [5.41, 5.74) is 3.98. The number of benzene rings is 3. The van der Waals surface area contributed by atoms with Crippen molar-refractivity contribution < 1.29 is 9.59 Å². The number of nitrogens with one attached hydrogen (secondary N) is 1. The van der Waals surface area contributed by atoms with Crippen molar-refractivity contribution in [1.82, 2.24) is 10.2 Å². The minimum atomic E-state index is -0.617. The highest BCUT2D eigenvalue weighted by Crippen LogP contribution is 2.22. The molecule has 0 heterocycles. The van der Waals surface area contributed by atoms with Gasteiger partial charge in [-0.05, 0) is 54.2 Å². The number of amides is 2. The zero-order valence-electron chi connectivity index (χ0n) is 20.3. The summed E-state index contributed by atoms with van der Waals surface area (Å²) >= 11 is 6.26. The lowest BCUT2D eigenvalue weighted by atomic mass is 10.00. The predicted molar refractivity (Wildman–Crippen MR) is 141 cm³/mol. The van der Waals surface area contributed by atoms with E-state index in [0.29, 0.717) is 18.0 Å². The predicted octanol–water partition coefficient (Wildman–Crippen LogP) is 5.89. The van der Waals surface area contributed by atoms with Crippen LogP contribution >= 0.6 is 11.6 Å². The molecule has 35 heavy (non-hydrogen) atoms. The maximum atomic E-state index is 13.8. The standard InChI is InChI=1S/C30H33ClN2O2/c1-22-10-5-6-14-25(22)20-29(34)33(21-24-13-9-15-26(31)18-24)28(19-23-11-3-2-4-12-23)30(35)32-27-16-7-8-17-27/h2-6,9-15,18,27-28H,7-8,16-17,19-21H2,1H3,(H,32,35)/t28-/m0/s1. The molecule has 1 fully saturated rings. The van der Waals surface area contributed by atoms with E-state index in [4.69, 9.17) is 11.6 Å². The van der Waals surface area contributed by atoms with Crippen LogP contribution in [0.15, 0.2) is 78.9 Å². The van der Waals surface area contributed by atoms with Gasteiger partial charge in [0, 0.05) is 24.0 Å². The molecule has 2 amide bonds. The van der Waals surface area contributed by atoms with Crippen molar-refractivity contribution in [2.24, 2.45) is 0 Å². The number of carbonyl (C=O) groups excluding carboxylic acids is 2. The fourth-order valence-electron chi connectivity index (χ4n) is 4.83. The topological polar surface area (TPSA) is 49.4 Å². The van der Waals surface area contributed by atoms with Gasteiger partial charge in [0.25, 0.3) is 0 Å². The smallest absolute Gasteiger partial charge is 0.243 e. The van der Waals surface area contributed by atoms with Crippen LogP contribution in [0.5, 0.6) is 0 Å². The SMILES string of the molecule is Cc1ccccc1CC(=O)N(Cc1cccc(Cl)c1)[C@@H](Cc1ccccc1)C(=O)NC1CCCC1. The Hall–Kier alpha value is -3.11. The molecule has 0 aliphatic heterocycles. The molecule has 0 bridgehead atoms. The highest BCUT2D eigenvalue weighted by molar-refractivity contribution is 6.30. The lowest BCUT2D eigenvalue weighted by Gasteiger charge is -2.32. The van der Waals surface area contributed by atoms with Crippen LogP contribution in [0.3, 0.4) is 0 Å². The Labute approximate surface area is 213 Å². The number of aryl methyl sites for hydroxylation is 1. The van der Waals surface area contributed by atoms with Crippen LogP contribution < -0.4 is 5.32 Å². The maximum Gasteiger partial charge on any atom is 0.243 e. The molecule has 1 aliphatic carbocycles. The lowest BCUT2D eigenvalue weighted by molar-refractivity contribution is -0.141. The first-order valence-electron chi connectivity index (χ1n) is 12.4. The van der Waals surface area contributed by atoms with Crippen molar-refractivity contribution in [3.8, 4) is 0 Å². The Morgan fingerprint density at radius 3 is 2.34 bits per heavy atom. The largest absolute Gasteiger partial charge is 0.352 e. The van der Waals surface area contributed by atoms with Crippen LogP contribution in [-0.2, 0) is 29.0 Å². The zero-order valence-corrected chi connectivity index (χ0v) is 21.0. The summed E-state index contributed by atoms with van der Waals surface area (Å²) in [6.45, 7) is 2.33. The van der Waals surface area contributed by atoms with Gasteiger partial charge in [-0.1, -0.05) is 91.2 Å². The Balaban J connectivity index is 1.67. The minimum absolute atomic E-state index is 0.0678. The van der Waals surface area contributed by atoms with E-state index >= 15 is 0 Å². The van der Waals surface area contributed by atoms with Crippen LogP contribution in [0.4, 0.5) is 0 Å². The molecule has 0 saturated heterocycles. The average molecular weight is 489 g/mol. The molecule has 3 aromatic carbocycles. The van der Waals surface area contributed by atoms with Crippen molar-refractivity contribution in [3.05, 3.63) is 106 Å². The zero-order chi connectivity index (χ0) is 24.6. The molecule has 182 valence electrons. The molecule has 1 saturated carbocycles. The second-order valence-electron chi connectivity index (χ2n) is 9.45. The van der Waals surface area contributed by atoms with Crippen molar-refractivity contribution in [2.75, 3.05) is 0 Å². The summed E-state index contributed by atoms with van der Waals surface area (Å²) in [7, 11) is 0. The first kappa shape index (κ1) is 25.0. The molecule has 1 atom stereocenters. The van der Waals surface area contributed by atoms with Crippen molar-refractivity contribution in [3.63, 3.8) is 0 Å². The summed E-state index contributed by atoms with van der Waals surface area (Å²) in [6, 6.07) is 24.9. The average Bonchev–Trinajstić information content (AvgIpc) is 3.36.